The Hall–Kier alpha value is -0.830. The van der Waals surface area contributed by atoms with E-state index in [1.807, 2.05) is 0 Å². The second-order valence-corrected chi connectivity index (χ2v) is 6.12. The van der Waals surface area contributed by atoms with Gasteiger partial charge in [-0.15, -0.1) is 0 Å². The summed E-state index contributed by atoms with van der Waals surface area (Å²) in [5.41, 5.74) is 1.52. The van der Waals surface area contributed by atoms with E-state index in [1.165, 1.54) is 50.6 Å². The van der Waals surface area contributed by atoms with Gasteiger partial charge >= 0.3 is 0 Å². The third kappa shape index (κ3) is 1.63. The van der Waals surface area contributed by atoms with Crippen molar-refractivity contribution in [3.63, 3.8) is 0 Å². The van der Waals surface area contributed by atoms with Crippen LogP contribution in [0.2, 0.25) is 0 Å². The summed E-state index contributed by atoms with van der Waals surface area (Å²) in [6, 6.07) is 2.26. The quantitative estimate of drug-likeness (QED) is 0.848. The predicted octanol–water partition coefficient (Wildman–Crippen LogP) is 2.61. The second kappa shape index (κ2) is 3.84. The van der Waals surface area contributed by atoms with E-state index in [1.54, 1.807) is 0 Å². The molecule has 3 nitrogen and oxygen atoms in total. The molecule has 2 bridgehead atoms. The summed E-state index contributed by atoms with van der Waals surface area (Å²) >= 11 is 0. The summed E-state index contributed by atoms with van der Waals surface area (Å²) in [4.78, 5) is 4.41. The minimum absolute atomic E-state index is 0.715. The molecule has 0 radical (unpaired) electrons. The van der Waals surface area contributed by atoms with Gasteiger partial charge < -0.3 is 9.88 Å². The van der Waals surface area contributed by atoms with E-state index in [9.17, 15) is 0 Å². The summed E-state index contributed by atoms with van der Waals surface area (Å²) in [7, 11) is 0. The average molecular weight is 231 g/mol. The number of imidazole rings is 1. The van der Waals surface area contributed by atoms with Crippen molar-refractivity contribution in [2.45, 2.75) is 69.0 Å². The average Bonchev–Trinajstić information content (AvgIpc) is 2.84. The lowest BCUT2D eigenvalue weighted by Crippen LogP contribution is -2.39. The molecule has 92 valence electrons. The molecule has 3 aliphatic rings. The van der Waals surface area contributed by atoms with Crippen molar-refractivity contribution >= 4 is 0 Å². The Morgan fingerprint density at radius 2 is 1.88 bits per heavy atom. The fourth-order valence-corrected chi connectivity index (χ4v) is 3.89. The number of hydrogen-bond acceptors (Lipinski definition) is 2. The molecule has 3 heterocycles. The molecule has 0 spiro atoms. The number of nitrogens with zero attached hydrogens (tertiary/aromatic N) is 2. The highest BCUT2D eigenvalue weighted by Crippen LogP contribution is 2.40. The van der Waals surface area contributed by atoms with Gasteiger partial charge in [-0.2, -0.15) is 0 Å². The Bertz CT molecular complexity index is 395. The van der Waals surface area contributed by atoms with Crippen LogP contribution >= 0.6 is 0 Å². The third-order valence-electron chi connectivity index (χ3n) is 5.06. The van der Waals surface area contributed by atoms with E-state index in [0.717, 1.165) is 18.0 Å². The van der Waals surface area contributed by atoms with Crippen LogP contribution < -0.4 is 5.32 Å². The van der Waals surface area contributed by atoms with E-state index in [4.69, 9.17) is 0 Å². The Labute approximate surface area is 103 Å². The van der Waals surface area contributed by atoms with Gasteiger partial charge in [0.05, 0.1) is 6.33 Å². The first-order chi connectivity index (χ1) is 8.40. The molecule has 3 fully saturated rings. The largest absolute Gasteiger partial charge is 0.331 e. The Balaban J connectivity index is 1.59. The summed E-state index contributed by atoms with van der Waals surface area (Å²) < 4.78 is 2.51. The number of aromatic nitrogens is 2. The summed E-state index contributed by atoms with van der Waals surface area (Å²) in [5, 5.41) is 3.73. The van der Waals surface area contributed by atoms with Crippen LogP contribution in [-0.4, -0.2) is 21.6 Å². The number of fused-ring (bicyclic) bond motifs is 2. The third-order valence-corrected chi connectivity index (χ3v) is 5.06. The zero-order valence-corrected chi connectivity index (χ0v) is 10.3. The second-order valence-electron chi connectivity index (χ2n) is 6.12. The normalized spacial score (nSPS) is 37.1. The van der Waals surface area contributed by atoms with Gasteiger partial charge in [-0.1, -0.05) is 6.42 Å². The van der Waals surface area contributed by atoms with Crippen LogP contribution in [-0.2, 0) is 0 Å². The van der Waals surface area contributed by atoms with Gasteiger partial charge in [-0.25, -0.2) is 4.98 Å². The first-order valence-corrected chi connectivity index (χ1v) is 7.18. The molecule has 4 rings (SSSR count). The van der Waals surface area contributed by atoms with Gasteiger partial charge in [0.1, 0.15) is 0 Å². The van der Waals surface area contributed by atoms with E-state index < -0.39 is 0 Å². The number of piperidine rings is 1. The van der Waals surface area contributed by atoms with Crippen molar-refractivity contribution in [2.24, 2.45) is 0 Å². The first-order valence-electron chi connectivity index (χ1n) is 7.18. The van der Waals surface area contributed by atoms with Gasteiger partial charge in [0.2, 0.25) is 0 Å². The van der Waals surface area contributed by atoms with Crippen LogP contribution in [0.1, 0.15) is 62.6 Å². The molecule has 2 saturated heterocycles. The highest BCUT2D eigenvalue weighted by Gasteiger charge is 2.35. The van der Waals surface area contributed by atoms with E-state index in [2.05, 4.69) is 27.4 Å². The minimum atomic E-state index is 0.715. The monoisotopic (exact) mass is 231 g/mol. The van der Waals surface area contributed by atoms with Gasteiger partial charge in [0, 0.05) is 35.9 Å². The molecule has 1 N–H and O–H groups in total. The van der Waals surface area contributed by atoms with Crippen molar-refractivity contribution in [1.82, 2.24) is 14.9 Å². The molecule has 1 aromatic heterocycles. The van der Waals surface area contributed by atoms with Crippen LogP contribution in [0, 0.1) is 0 Å². The number of nitrogens with one attached hydrogen (secondary N) is 1. The van der Waals surface area contributed by atoms with Gasteiger partial charge in [0.15, 0.2) is 0 Å². The van der Waals surface area contributed by atoms with E-state index in [0.29, 0.717) is 6.04 Å². The molecular weight excluding hydrogens is 210 g/mol. The zero-order chi connectivity index (χ0) is 11.2. The van der Waals surface area contributed by atoms with E-state index >= 15 is 0 Å². The van der Waals surface area contributed by atoms with Crippen molar-refractivity contribution in [1.29, 1.82) is 0 Å². The molecule has 2 atom stereocenters. The molecule has 17 heavy (non-hydrogen) atoms. The molecule has 2 unspecified atom stereocenters. The van der Waals surface area contributed by atoms with Gasteiger partial charge in [-0.3, -0.25) is 0 Å². The lowest BCUT2D eigenvalue weighted by atomic mass is 9.82. The molecule has 2 aliphatic heterocycles. The minimum Gasteiger partial charge on any atom is -0.331 e. The topological polar surface area (TPSA) is 29.9 Å². The van der Waals surface area contributed by atoms with Gasteiger partial charge in [-0.05, 0) is 38.5 Å². The maximum atomic E-state index is 4.41. The fraction of sp³-hybridized carbons (Fsp3) is 0.786. The number of rotatable bonds is 2. The maximum Gasteiger partial charge on any atom is 0.0950 e. The molecule has 0 aromatic carbocycles. The van der Waals surface area contributed by atoms with Crippen LogP contribution in [0.15, 0.2) is 12.5 Å². The Kier molecular flexibility index (Phi) is 2.29. The Morgan fingerprint density at radius 1 is 1.12 bits per heavy atom. The molecule has 1 aromatic rings. The first kappa shape index (κ1) is 10.1. The molecule has 3 heteroatoms. The summed E-state index contributed by atoms with van der Waals surface area (Å²) in [6.45, 7) is 0. The fourth-order valence-electron chi connectivity index (χ4n) is 3.89. The zero-order valence-electron chi connectivity index (χ0n) is 10.3. The lowest BCUT2D eigenvalue weighted by molar-refractivity contribution is 0.282. The van der Waals surface area contributed by atoms with Crippen LogP contribution in [0.25, 0.3) is 0 Å². The number of hydrogen-bond donors (Lipinski definition) is 1. The van der Waals surface area contributed by atoms with Gasteiger partial charge in [0.25, 0.3) is 0 Å². The molecule has 1 aliphatic carbocycles. The SMILES string of the molecule is c1ncn(C2CC3CCC(C2)N3)c1C1CCC1. The van der Waals surface area contributed by atoms with Crippen molar-refractivity contribution in [3.05, 3.63) is 18.2 Å². The highest BCUT2D eigenvalue weighted by atomic mass is 15.1. The smallest absolute Gasteiger partial charge is 0.0950 e. The van der Waals surface area contributed by atoms with Crippen molar-refractivity contribution in [2.75, 3.05) is 0 Å². The van der Waals surface area contributed by atoms with Crippen LogP contribution in [0.4, 0.5) is 0 Å². The standard InChI is InChI=1S/C14H21N3/c1-2-10(3-1)14-8-15-9-17(14)13-6-11-4-5-12(7-13)16-11/h8-13,16H,1-7H2. The predicted molar refractivity (Wildman–Crippen MR) is 67.0 cm³/mol. The van der Waals surface area contributed by atoms with Crippen molar-refractivity contribution in [3.8, 4) is 0 Å². The molecule has 0 amide bonds. The molecular formula is C14H21N3. The lowest BCUT2D eigenvalue weighted by Gasteiger charge is -2.34. The molecule has 1 saturated carbocycles. The van der Waals surface area contributed by atoms with Crippen molar-refractivity contribution < 1.29 is 0 Å². The van der Waals surface area contributed by atoms with Crippen LogP contribution in [0.3, 0.4) is 0 Å². The Morgan fingerprint density at radius 3 is 2.53 bits per heavy atom. The highest BCUT2D eigenvalue weighted by molar-refractivity contribution is 5.12. The van der Waals surface area contributed by atoms with Crippen LogP contribution in [0.5, 0.6) is 0 Å². The maximum absolute atomic E-state index is 4.41. The summed E-state index contributed by atoms with van der Waals surface area (Å²) in [5.74, 6) is 0.810. The summed E-state index contributed by atoms with van der Waals surface area (Å²) in [6.07, 6.45) is 13.8. The van der Waals surface area contributed by atoms with E-state index in [-0.39, 0.29) is 0 Å².